The van der Waals surface area contributed by atoms with Gasteiger partial charge in [-0.15, -0.1) is 0 Å². The van der Waals surface area contributed by atoms with Crippen molar-refractivity contribution in [3.8, 4) is 0 Å². The standard InChI is InChI=1S/C6H9O2.3C6H5.Sn/c1-2-8-6(7)5-3-4-5;3*1-2-4-6-5-3-1;/h3,5H,2,4H2,1H3;3*1-5H;/t5-;;;;/m0..../s1. The van der Waals surface area contributed by atoms with Gasteiger partial charge in [-0.1, -0.05) is 0 Å². The summed E-state index contributed by atoms with van der Waals surface area (Å²) in [7, 11) is 0. The number of rotatable bonds is 6. The zero-order chi connectivity index (χ0) is 18.7. The van der Waals surface area contributed by atoms with Crippen LogP contribution in [0.15, 0.2) is 91.0 Å². The molecule has 0 bridgehead atoms. The third-order valence-corrected chi connectivity index (χ3v) is 21.3. The van der Waals surface area contributed by atoms with Crippen molar-refractivity contribution in [1.82, 2.24) is 0 Å². The molecule has 27 heavy (non-hydrogen) atoms. The van der Waals surface area contributed by atoms with Gasteiger partial charge in [0.15, 0.2) is 0 Å². The van der Waals surface area contributed by atoms with Crippen LogP contribution in [-0.2, 0) is 9.53 Å². The fraction of sp³-hybridized carbons (Fsp3) is 0.208. The van der Waals surface area contributed by atoms with E-state index in [0.717, 1.165) is 6.42 Å². The van der Waals surface area contributed by atoms with Crippen molar-refractivity contribution >= 4 is 35.1 Å². The van der Waals surface area contributed by atoms with Gasteiger partial charge in [0.05, 0.1) is 0 Å². The third-order valence-electron chi connectivity index (χ3n) is 5.62. The van der Waals surface area contributed by atoms with Crippen molar-refractivity contribution in [2.75, 3.05) is 6.61 Å². The second kappa shape index (κ2) is 7.89. The molecule has 136 valence electrons. The Labute approximate surface area is 165 Å². The first-order valence-corrected chi connectivity index (χ1v) is 15.5. The predicted molar refractivity (Wildman–Crippen MR) is 112 cm³/mol. The fourth-order valence-electron chi connectivity index (χ4n) is 4.43. The molecule has 1 aliphatic carbocycles. The molecular weight excluding hydrogens is 439 g/mol. The molecule has 1 aliphatic rings. The van der Waals surface area contributed by atoms with Crippen LogP contribution in [0.1, 0.15) is 13.3 Å². The number of carbonyl (C=O) groups is 1. The molecule has 0 unspecified atom stereocenters. The van der Waals surface area contributed by atoms with Crippen LogP contribution < -0.4 is 10.7 Å². The molecule has 0 radical (unpaired) electrons. The summed E-state index contributed by atoms with van der Waals surface area (Å²) < 4.78 is 10.1. The Hall–Kier alpha value is -2.07. The summed E-state index contributed by atoms with van der Waals surface area (Å²) in [5.41, 5.74) is 0. The molecule has 0 spiro atoms. The maximum atomic E-state index is 12.6. The molecule has 2 nitrogen and oxygen atoms in total. The number of carbonyl (C=O) groups excluding carboxylic acids is 1. The summed E-state index contributed by atoms with van der Waals surface area (Å²) in [5, 5.41) is 0. The molecule has 0 N–H and O–H groups in total. The van der Waals surface area contributed by atoms with Crippen molar-refractivity contribution < 1.29 is 9.53 Å². The average molecular weight is 463 g/mol. The van der Waals surface area contributed by atoms with Crippen LogP contribution in [0, 0.1) is 5.92 Å². The average Bonchev–Trinajstić information content (AvgIpc) is 3.53. The number of hydrogen-bond acceptors (Lipinski definition) is 2. The number of benzene rings is 3. The van der Waals surface area contributed by atoms with Gasteiger partial charge in [0.2, 0.25) is 0 Å². The first kappa shape index (κ1) is 18.3. The van der Waals surface area contributed by atoms with Crippen LogP contribution in [0.5, 0.6) is 0 Å². The molecule has 1 fully saturated rings. The Balaban J connectivity index is 1.93. The topological polar surface area (TPSA) is 26.3 Å². The molecule has 2 atom stereocenters. The molecule has 0 saturated heterocycles. The molecule has 0 aliphatic heterocycles. The number of esters is 1. The molecule has 3 aromatic rings. The van der Waals surface area contributed by atoms with Crippen LogP contribution in [0.2, 0.25) is 3.93 Å². The maximum absolute atomic E-state index is 12.6. The van der Waals surface area contributed by atoms with Crippen LogP contribution in [0.3, 0.4) is 0 Å². The van der Waals surface area contributed by atoms with Gasteiger partial charge in [0.25, 0.3) is 0 Å². The second-order valence-electron chi connectivity index (χ2n) is 7.11. The molecule has 0 amide bonds. The van der Waals surface area contributed by atoms with Gasteiger partial charge < -0.3 is 0 Å². The zero-order valence-corrected chi connectivity index (χ0v) is 18.4. The molecule has 4 rings (SSSR count). The summed E-state index contributed by atoms with van der Waals surface area (Å²) in [6, 6.07) is 32.7. The zero-order valence-electron chi connectivity index (χ0n) is 15.5. The van der Waals surface area contributed by atoms with Crippen molar-refractivity contribution in [2.45, 2.75) is 17.3 Å². The van der Waals surface area contributed by atoms with Gasteiger partial charge in [-0.05, 0) is 0 Å². The van der Waals surface area contributed by atoms with E-state index < -0.39 is 18.4 Å². The minimum absolute atomic E-state index is 0.0219. The normalized spacial score (nSPS) is 18.7. The second-order valence-corrected chi connectivity index (χ2v) is 18.8. The van der Waals surface area contributed by atoms with Gasteiger partial charge >= 0.3 is 165 Å². The number of hydrogen-bond donors (Lipinski definition) is 0. The Morgan fingerprint density at radius 3 is 1.59 bits per heavy atom. The Morgan fingerprint density at radius 2 is 1.22 bits per heavy atom. The van der Waals surface area contributed by atoms with Crippen molar-refractivity contribution in [2.24, 2.45) is 5.92 Å². The van der Waals surface area contributed by atoms with Gasteiger partial charge in [-0.3, -0.25) is 0 Å². The van der Waals surface area contributed by atoms with Crippen molar-refractivity contribution in [3.05, 3.63) is 91.0 Å². The summed E-state index contributed by atoms with van der Waals surface area (Å²) in [4.78, 5) is 12.6. The summed E-state index contributed by atoms with van der Waals surface area (Å²) in [6.07, 6.45) is 0.938. The van der Waals surface area contributed by atoms with Crippen LogP contribution in [-0.4, -0.2) is 31.0 Å². The van der Waals surface area contributed by atoms with E-state index in [9.17, 15) is 4.79 Å². The summed E-state index contributed by atoms with van der Waals surface area (Å²) in [5.74, 6) is 0.00716. The molecule has 3 heteroatoms. The van der Waals surface area contributed by atoms with E-state index in [1.54, 1.807) is 0 Å². The summed E-state index contributed by atoms with van der Waals surface area (Å²) >= 11 is -3.36. The summed E-state index contributed by atoms with van der Waals surface area (Å²) in [6.45, 7) is 2.34. The van der Waals surface area contributed by atoms with Crippen molar-refractivity contribution in [3.63, 3.8) is 0 Å². The van der Waals surface area contributed by atoms with Crippen molar-refractivity contribution in [1.29, 1.82) is 0 Å². The number of ether oxygens (including phenoxy) is 1. The van der Waals surface area contributed by atoms with E-state index in [-0.39, 0.29) is 11.9 Å². The Kier molecular flexibility index (Phi) is 5.35. The first-order chi connectivity index (χ1) is 13.3. The minimum atomic E-state index is -3.36. The van der Waals surface area contributed by atoms with E-state index in [1.807, 2.05) is 6.92 Å². The van der Waals surface area contributed by atoms with Gasteiger partial charge in [-0.25, -0.2) is 0 Å². The fourth-order valence-corrected chi connectivity index (χ4v) is 20.9. The van der Waals surface area contributed by atoms with E-state index >= 15 is 0 Å². The third kappa shape index (κ3) is 3.31. The van der Waals surface area contributed by atoms with Gasteiger partial charge in [0, 0.05) is 0 Å². The molecule has 0 heterocycles. The quantitative estimate of drug-likeness (QED) is 0.415. The van der Waals surface area contributed by atoms with E-state index in [1.165, 1.54) is 10.7 Å². The molecule has 1 saturated carbocycles. The van der Waals surface area contributed by atoms with Crippen LogP contribution >= 0.6 is 0 Å². The SMILES string of the molecule is CCOC(=O)[C@@H]1C[C@@H]1[Sn]([c]1ccccc1)([c]1ccccc1)[c]1ccccc1. The van der Waals surface area contributed by atoms with E-state index in [2.05, 4.69) is 91.0 Å². The monoisotopic (exact) mass is 464 g/mol. The molecular formula is C24H24O2Sn. The Morgan fingerprint density at radius 1 is 0.815 bits per heavy atom. The van der Waals surface area contributed by atoms with E-state index in [0.29, 0.717) is 10.5 Å². The Bertz CT molecular complexity index is 797. The van der Waals surface area contributed by atoms with Crippen LogP contribution in [0.25, 0.3) is 0 Å². The molecule has 3 aromatic carbocycles. The predicted octanol–water partition coefficient (Wildman–Crippen LogP) is 3.11. The molecule has 0 aromatic heterocycles. The first-order valence-electron chi connectivity index (χ1n) is 9.61. The van der Waals surface area contributed by atoms with E-state index in [4.69, 9.17) is 4.74 Å². The van der Waals surface area contributed by atoms with Gasteiger partial charge in [-0.2, -0.15) is 0 Å². The van der Waals surface area contributed by atoms with Gasteiger partial charge in [0.1, 0.15) is 0 Å². The van der Waals surface area contributed by atoms with Crippen LogP contribution in [0.4, 0.5) is 0 Å².